The lowest BCUT2D eigenvalue weighted by Crippen LogP contribution is -2.59. The molecule has 0 aliphatic carbocycles. The average Bonchev–Trinajstić information content (AvgIpc) is 2.63. The maximum absolute atomic E-state index is 12.0. The van der Waals surface area contributed by atoms with Gasteiger partial charge in [0, 0.05) is 18.6 Å². The molecular weight excluding hydrogens is 224 g/mol. The van der Waals surface area contributed by atoms with Gasteiger partial charge in [0.2, 0.25) is 5.91 Å². The van der Waals surface area contributed by atoms with E-state index in [1.165, 1.54) is 0 Å². The van der Waals surface area contributed by atoms with E-state index >= 15 is 0 Å². The number of carboxylic acid groups (broad SMARTS) is 1. The lowest BCUT2D eigenvalue weighted by atomic mass is 9.93. The molecule has 6 nitrogen and oxygen atoms in total. The summed E-state index contributed by atoms with van der Waals surface area (Å²) in [5, 5.41) is 11.4. The molecule has 0 saturated carbocycles. The third kappa shape index (κ3) is 3.98. The molecule has 0 bridgehead atoms. The van der Waals surface area contributed by atoms with Gasteiger partial charge in [0.25, 0.3) is 0 Å². The molecule has 0 aromatic carbocycles. The quantitative estimate of drug-likeness (QED) is 0.625. The minimum absolute atomic E-state index is 0.0152. The van der Waals surface area contributed by atoms with E-state index in [1.807, 2.05) is 0 Å². The Balaban J connectivity index is 2.51. The van der Waals surface area contributed by atoms with Gasteiger partial charge in [-0.15, -0.1) is 0 Å². The van der Waals surface area contributed by atoms with Crippen LogP contribution in [-0.2, 0) is 14.3 Å². The molecule has 1 amide bonds. The van der Waals surface area contributed by atoms with Crippen molar-refractivity contribution in [3.05, 3.63) is 0 Å². The van der Waals surface area contributed by atoms with Gasteiger partial charge in [0.1, 0.15) is 5.54 Å². The van der Waals surface area contributed by atoms with Gasteiger partial charge < -0.3 is 20.9 Å². The van der Waals surface area contributed by atoms with E-state index in [1.54, 1.807) is 13.8 Å². The monoisotopic (exact) mass is 244 g/mol. The summed E-state index contributed by atoms with van der Waals surface area (Å²) in [6.07, 6.45) is 0.875. The first kappa shape index (κ1) is 13.9. The van der Waals surface area contributed by atoms with Crippen LogP contribution in [0.5, 0.6) is 0 Å². The van der Waals surface area contributed by atoms with E-state index in [0.29, 0.717) is 19.4 Å². The fourth-order valence-corrected chi connectivity index (χ4v) is 1.67. The summed E-state index contributed by atoms with van der Waals surface area (Å²) in [4.78, 5) is 22.5. The van der Waals surface area contributed by atoms with Gasteiger partial charge in [-0.2, -0.15) is 0 Å². The molecule has 1 fully saturated rings. The molecule has 1 saturated heterocycles. The Bertz CT molecular complexity index is 309. The molecule has 4 N–H and O–H groups in total. The van der Waals surface area contributed by atoms with Crippen LogP contribution < -0.4 is 11.1 Å². The summed E-state index contributed by atoms with van der Waals surface area (Å²) < 4.78 is 5.11. The number of ether oxygens (including phenoxy) is 1. The topological polar surface area (TPSA) is 102 Å². The molecular formula is C11H20N2O4. The Kier molecular flexibility index (Phi) is 4.11. The van der Waals surface area contributed by atoms with E-state index < -0.39 is 17.0 Å². The van der Waals surface area contributed by atoms with Crippen LogP contribution >= 0.6 is 0 Å². The van der Waals surface area contributed by atoms with Crippen molar-refractivity contribution in [1.29, 1.82) is 0 Å². The van der Waals surface area contributed by atoms with Gasteiger partial charge in [-0.1, -0.05) is 0 Å². The molecule has 1 rings (SSSR count). The first-order chi connectivity index (χ1) is 7.75. The Hall–Kier alpha value is -1.14. The van der Waals surface area contributed by atoms with E-state index in [4.69, 9.17) is 15.6 Å². The van der Waals surface area contributed by atoms with Crippen molar-refractivity contribution in [2.24, 2.45) is 5.73 Å². The number of nitrogens with one attached hydrogen (secondary N) is 1. The highest BCUT2D eigenvalue weighted by Crippen LogP contribution is 2.18. The Morgan fingerprint density at radius 3 is 2.65 bits per heavy atom. The molecule has 1 aliphatic rings. The second kappa shape index (κ2) is 5.01. The molecule has 1 unspecified atom stereocenters. The molecule has 1 heterocycles. The third-order valence-electron chi connectivity index (χ3n) is 2.92. The molecule has 1 aliphatic heterocycles. The van der Waals surface area contributed by atoms with E-state index in [0.717, 1.165) is 0 Å². The summed E-state index contributed by atoms with van der Waals surface area (Å²) in [5.41, 5.74) is 4.36. The van der Waals surface area contributed by atoms with Crippen LogP contribution in [0.25, 0.3) is 0 Å². The lowest BCUT2D eigenvalue weighted by molar-refractivity contribution is -0.138. The number of nitrogens with two attached hydrogens (primary N) is 1. The van der Waals surface area contributed by atoms with Crippen LogP contribution in [0.4, 0.5) is 0 Å². The lowest BCUT2D eigenvalue weighted by Gasteiger charge is -2.30. The van der Waals surface area contributed by atoms with Gasteiger partial charge in [-0.25, -0.2) is 0 Å². The predicted molar refractivity (Wildman–Crippen MR) is 61.4 cm³/mol. The Labute approximate surface area is 101 Å². The largest absolute Gasteiger partial charge is 0.481 e. The summed E-state index contributed by atoms with van der Waals surface area (Å²) in [7, 11) is 0. The highest BCUT2D eigenvalue weighted by Gasteiger charge is 2.40. The van der Waals surface area contributed by atoms with E-state index in [2.05, 4.69) is 5.32 Å². The Morgan fingerprint density at radius 2 is 2.18 bits per heavy atom. The van der Waals surface area contributed by atoms with Crippen molar-refractivity contribution in [2.45, 2.75) is 44.2 Å². The van der Waals surface area contributed by atoms with Crippen molar-refractivity contribution in [3.63, 3.8) is 0 Å². The zero-order valence-electron chi connectivity index (χ0n) is 10.3. The summed E-state index contributed by atoms with van der Waals surface area (Å²) in [5.74, 6) is -1.15. The van der Waals surface area contributed by atoms with Crippen molar-refractivity contribution in [2.75, 3.05) is 13.2 Å². The third-order valence-corrected chi connectivity index (χ3v) is 2.92. The van der Waals surface area contributed by atoms with Gasteiger partial charge in [-0.05, 0) is 26.7 Å². The first-order valence-corrected chi connectivity index (χ1v) is 5.66. The molecule has 0 aromatic rings. The first-order valence-electron chi connectivity index (χ1n) is 5.66. The van der Waals surface area contributed by atoms with Crippen LogP contribution in [0, 0.1) is 0 Å². The van der Waals surface area contributed by atoms with Crippen LogP contribution in [0.3, 0.4) is 0 Å². The average molecular weight is 244 g/mol. The van der Waals surface area contributed by atoms with Crippen LogP contribution in [0.1, 0.15) is 33.1 Å². The fourth-order valence-electron chi connectivity index (χ4n) is 1.67. The number of aliphatic carboxylic acids is 1. The van der Waals surface area contributed by atoms with Crippen molar-refractivity contribution < 1.29 is 19.4 Å². The highest BCUT2D eigenvalue weighted by atomic mass is 16.5. The predicted octanol–water partition coefficient (Wildman–Crippen LogP) is -0.136. The van der Waals surface area contributed by atoms with E-state index in [-0.39, 0.29) is 18.9 Å². The molecule has 1 atom stereocenters. The molecule has 0 spiro atoms. The van der Waals surface area contributed by atoms with E-state index in [9.17, 15) is 9.59 Å². The number of hydrogen-bond donors (Lipinski definition) is 3. The number of carbonyl (C=O) groups is 2. The van der Waals surface area contributed by atoms with Crippen molar-refractivity contribution in [1.82, 2.24) is 5.32 Å². The maximum atomic E-state index is 12.0. The number of carbonyl (C=O) groups excluding carboxylic acids is 1. The molecule has 98 valence electrons. The van der Waals surface area contributed by atoms with Gasteiger partial charge in [0.15, 0.2) is 0 Å². The summed E-state index contributed by atoms with van der Waals surface area (Å²) >= 11 is 0. The standard InChI is InChI=1S/C11H20N2O4/c1-10(2,4-3-8(14)15)13-9(16)11(12)5-6-17-7-11/h3-7,12H2,1-2H3,(H,13,16)(H,14,15). The van der Waals surface area contributed by atoms with Crippen LogP contribution in [0.2, 0.25) is 0 Å². The summed E-state index contributed by atoms with van der Waals surface area (Å²) in [6, 6.07) is 0. The summed E-state index contributed by atoms with van der Waals surface area (Å²) in [6.45, 7) is 4.27. The highest BCUT2D eigenvalue weighted by molar-refractivity contribution is 5.87. The second-order valence-corrected chi connectivity index (χ2v) is 5.19. The zero-order chi connectivity index (χ0) is 13.1. The second-order valence-electron chi connectivity index (χ2n) is 5.19. The SMILES string of the molecule is CC(C)(CCC(=O)O)NC(=O)C1(N)CCOC1. The fraction of sp³-hybridized carbons (Fsp3) is 0.818. The van der Waals surface area contributed by atoms with Gasteiger partial charge in [-0.3, -0.25) is 9.59 Å². The smallest absolute Gasteiger partial charge is 0.303 e. The Morgan fingerprint density at radius 1 is 1.53 bits per heavy atom. The van der Waals surface area contributed by atoms with Gasteiger partial charge in [0.05, 0.1) is 6.61 Å². The molecule has 0 radical (unpaired) electrons. The number of carboxylic acids is 1. The van der Waals surface area contributed by atoms with Crippen molar-refractivity contribution in [3.8, 4) is 0 Å². The maximum Gasteiger partial charge on any atom is 0.303 e. The molecule has 17 heavy (non-hydrogen) atoms. The number of rotatable bonds is 5. The minimum Gasteiger partial charge on any atom is -0.481 e. The normalized spacial score (nSPS) is 24.6. The molecule has 0 aromatic heterocycles. The van der Waals surface area contributed by atoms with Gasteiger partial charge >= 0.3 is 5.97 Å². The van der Waals surface area contributed by atoms with Crippen LogP contribution in [0.15, 0.2) is 0 Å². The zero-order valence-corrected chi connectivity index (χ0v) is 10.3. The minimum atomic E-state index is -0.972. The molecule has 6 heteroatoms. The van der Waals surface area contributed by atoms with Crippen LogP contribution in [-0.4, -0.2) is 41.3 Å². The van der Waals surface area contributed by atoms with Crippen molar-refractivity contribution >= 4 is 11.9 Å². The number of hydrogen-bond acceptors (Lipinski definition) is 4. The number of amides is 1.